The Morgan fingerprint density at radius 1 is 1.15 bits per heavy atom. The van der Waals surface area contributed by atoms with Crippen molar-refractivity contribution in [2.24, 2.45) is 5.92 Å². The van der Waals surface area contributed by atoms with Crippen LogP contribution in [0.4, 0.5) is 5.82 Å². The van der Waals surface area contributed by atoms with E-state index in [4.69, 9.17) is 14.0 Å². The molecule has 0 amide bonds. The number of ether oxygens (including phenoxy) is 2. The quantitative estimate of drug-likeness (QED) is 0.303. The van der Waals surface area contributed by atoms with E-state index in [9.17, 15) is 9.36 Å². The number of nitrogens with zero attached hydrogens (tertiary/aromatic N) is 4. The van der Waals surface area contributed by atoms with Gasteiger partial charge < -0.3 is 19.3 Å². The summed E-state index contributed by atoms with van der Waals surface area (Å²) in [6.45, 7) is 14.1. The Hall–Kier alpha value is -2.07. The van der Waals surface area contributed by atoms with E-state index >= 15 is 0 Å². The third-order valence-electron chi connectivity index (χ3n) is 4.71. The Balaban J connectivity index is 1.94. The van der Waals surface area contributed by atoms with Crippen LogP contribution in [0.25, 0.3) is 11.2 Å². The lowest BCUT2D eigenvalue weighted by Gasteiger charge is -2.23. The largest absolute Gasteiger partial charge is 0.462 e. The molecule has 0 saturated carbocycles. The summed E-state index contributed by atoms with van der Waals surface area (Å²) < 4.78 is 30.7. The van der Waals surface area contributed by atoms with Gasteiger partial charge in [-0.3, -0.25) is 13.9 Å². The summed E-state index contributed by atoms with van der Waals surface area (Å²) in [5.41, 5.74) is 1.33. The summed E-state index contributed by atoms with van der Waals surface area (Å²) in [6.07, 6.45) is 2.88. The van der Waals surface area contributed by atoms with Gasteiger partial charge in [-0.1, -0.05) is 20.8 Å². The van der Waals surface area contributed by atoms with Gasteiger partial charge in [0.15, 0.2) is 17.0 Å². The van der Waals surface area contributed by atoms with Gasteiger partial charge in [-0.2, -0.15) is 0 Å². The number of hydrogen-bond acceptors (Lipinski definition) is 9. The van der Waals surface area contributed by atoms with Crippen molar-refractivity contribution in [2.45, 2.75) is 79.4 Å². The molecule has 0 fully saturated rings. The van der Waals surface area contributed by atoms with Crippen molar-refractivity contribution < 1.29 is 23.4 Å². The average molecular weight is 485 g/mol. The van der Waals surface area contributed by atoms with Crippen molar-refractivity contribution in [3.63, 3.8) is 0 Å². The van der Waals surface area contributed by atoms with Gasteiger partial charge in [0.05, 0.1) is 25.1 Å². The third kappa shape index (κ3) is 8.33. The fraction of sp³-hybridized carbons (Fsp3) is 0.714. The van der Waals surface area contributed by atoms with E-state index < -0.39 is 20.2 Å². The lowest BCUT2D eigenvalue weighted by Crippen LogP contribution is -2.33. The van der Waals surface area contributed by atoms with Crippen LogP contribution < -0.4 is 10.4 Å². The smallest absolute Gasteiger partial charge is 0.323 e. The molecule has 2 rings (SSSR count). The summed E-state index contributed by atoms with van der Waals surface area (Å²) >= 11 is 0. The average Bonchev–Trinajstić information content (AvgIpc) is 3.19. The van der Waals surface area contributed by atoms with Crippen molar-refractivity contribution >= 4 is 31.1 Å². The topological polar surface area (TPSA) is 129 Å². The van der Waals surface area contributed by atoms with Crippen molar-refractivity contribution in [1.82, 2.24) is 24.6 Å². The Morgan fingerprint density at radius 3 is 2.52 bits per heavy atom. The second-order valence-corrected chi connectivity index (χ2v) is 9.69. The lowest BCUT2D eigenvalue weighted by atomic mass is 10.2. The van der Waals surface area contributed by atoms with Crippen molar-refractivity contribution in [3.05, 3.63) is 12.7 Å². The summed E-state index contributed by atoms with van der Waals surface area (Å²) in [5.74, 6) is 0.681. The number of carbonyl (C=O) groups excluding carboxylic acids is 1. The molecule has 33 heavy (non-hydrogen) atoms. The Labute approximate surface area is 195 Å². The van der Waals surface area contributed by atoms with E-state index in [0.29, 0.717) is 29.3 Å². The first-order valence-electron chi connectivity index (χ1n) is 11.3. The predicted octanol–water partition coefficient (Wildman–Crippen LogP) is 3.54. The van der Waals surface area contributed by atoms with Gasteiger partial charge in [-0.25, -0.2) is 20.0 Å². The Morgan fingerprint density at radius 2 is 1.88 bits per heavy atom. The van der Waals surface area contributed by atoms with Gasteiger partial charge in [-0.15, -0.1) is 0 Å². The number of esters is 1. The Kier molecular flexibility index (Phi) is 10.7. The van der Waals surface area contributed by atoms with Crippen LogP contribution in [-0.4, -0.2) is 56.9 Å². The van der Waals surface area contributed by atoms with Gasteiger partial charge in [0.2, 0.25) is 0 Å². The molecular formula is C21H37N6O5P. The molecule has 0 saturated heterocycles. The summed E-state index contributed by atoms with van der Waals surface area (Å²) in [4.78, 5) is 25.0. The number of imidazole rings is 1. The number of rotatable bonds is 14. The van der Waals surface area contributed by atoms with E-state index in [1.807, 2.05) is 18.4 Å². The molecular weight excluding hydrogens is 447 g/mol. The highest BCUT2D eigenvalue weighted by atomic mass is 31.1. The van der Waals surface area contributed by atoms with Crippen LogP contribution in [0.5, 0.6) is 0 Å². The second kappa shape index (κ2) is 13.0. The van der Waals surface area contributed by atoms with Crippen LogP contribution in [0.1, 0.15) is 61.1 Å². The molecule has 0 spiro atoms. The maximum atomic E-state index is 12.2. The molecule has 0 aliphatic rings. The van der Waals surface area contributed by atoms with Crippen LogP contribution in [0.15, 0.2) is 12.7 Å². The molecule has 12 heteroatoms. The summed E-state index contributed by atoms with van der Waals surface area (Å²) in [5, 5.41) is 5.95. The molecule has 0 bridgehead atoms. The maximum Gasteiger partial charge on any atom is 0.323 e. The number of fused-ring (bicyclic) bond motifs is 1. The van der Waals surface area contributed by atoms with E-state index in [0.717, 1.165) is 6.54 Å². The molecule has 0 aliphatic heterocycles. The summed E-state index contributed by atoms with van der Waals surface area (Å²) in [7, 11) is -2.64. The zero-order valence-corrected chi connectivity index (χ0v) is 21.5. The van der Waals surface area contributed by atoms with Crippen LogP contribution in [0.2, 0.25) is 0 Å². The molecule has 4 atom stereocenters. The van der Waals surface area contributed by atoms with Gasteiger partial charge in [0, 0.05) is 6.54 Å². The number of nitrogens with one attached hydrogen (secondary N) is 2. The molecule has 2 N–H and O–H groups in total. The van der Waals surface area contributed by atoms with Gasteiger partial charge in [0.25, 0.3) is 8.18 Å². The van der Waals surface area contributed by atoms with Crippen LogP contribution in [-0.2, 0) is 23.4 Å². The molecule has 2 heterocycles. The number of aromatic nitrogens is 4. The minimum absolute atomic E-state index is 0.112. The molecule has 11 nitrogen and oxygen atoms in total. The minimum Gasteiger partial charge on any atom is -0.462 e. The van der Waals surface area contributed by atoms with Gasteiger partial charge in [0.1, 0.15) is 18.6 Å². The van der Waals surface area contributed by atoms with E-state index in [-0.39, 0.29) is 25.0 Å². The minimum atomic E-state index is -2.64. The van der Waals surface area contributed by atoms with E-state index in [1.165, 1.54) is 6.33 Å². The highest BCUT2D eigenvalue weighted by molar-refractivity contribution is 7.36. The van der Waals surface area contributed by atoms with Crippen molar-refractivity contribution in [3.8, 4) is 0 Å². The molecule has 186 valence electrons. The van der Waals surface area contributed by atoms with E-state index in [2.05, 4.69) is 39.2 Å². The zero-order valence-electron chi connectivity index (χ0n) is 20.5. The molecule has 1 unspecified atom stereocenters. The number of anilines is 1. The predicted molar refractivity (Wildman–Crippen MR) is 127 cm³/mol. The molecule has 0 aromatic carbocycles. The standard InChI is InChI=1S/C21H37N6O5P/c1-8-17(10-30-33(29)26-15(6)21(28)31-14(4)5)32-16(7)27-12-25-18-19(22-9-13(2)3)23-11-24-20(18)27/h11-17,33H,8-10H2,1-7H3,(H,26,29)(H,22,23,24)/t15-,16+,17-/m0/s1. The highest BCUT2D eigenvalue weighted by Crippen LogP contribution is 2.24. The molecule has 0 aliphatic carbocycles. The van der Waals surface area contributed by atoms with Crippen LogP contribution in [0.3, 0.4) is 0 Å². The van der Waals surface area contributed by atoms with Crippen molar-refractivity contribution in [1.29, 1.82) is 0 Å². The SMILES string of the molecule is CC[C@@H](CO[PH](=O)N[C@@H](C)C(=O)OC(C)C)O[C@H](C)n1cnc2c(NCC(C)C)ncnc21. The van der Waals surface area contributed by atoms with Crippen LogP contribution >= 0.6 is 8.18 Å². The number of hydrogen-bond donors (Lipinski definition) is 2. The first-order chi connectivity index (χ1) is 15.6. The normalized spacial score (nSPS) is 15.5. The van der Waals surface area contributed by atoms with E-state index in [1.54, 1.807) is 27.1 Å². The molecule has 2 aromatic rings. The van der Waals surface area contributed by atoms with Gasteiger partial charge in [-0.05, 0) is 40.0 Å². The monoisotopic (exact) mass is 484 g/mol. The Bertz CT molecular complexity index is 922. The van der Waals surface area contributed by atoms with Crippen molar-refractivity contribution in [2.75, 3.05) is 18.5 Å². The fourth-order valence-corrected chi connectivity index (χ4v) is 3.82. The third-order valence-corrected chi connectivity index (χ3v) is 5.81. The first-order valence-corrected chi connectivity index (χ1v) is 12.6. The summed E-state index contributed by atoms with van der Waals surface area (Å²) in [6, 6.07) is -0.728. The van der Waals surface area contributed by atoms with Crippen LogP contribution in [0, 0.1) is 5.92 Å². The molecule has 0 radical (unpaired) electrons. The van der Waals surface area contributed by atoms with Gasteiger partial charge >= 0.3 is 5.97 Å². The first kappa shape index (κ1) is 27.2. The molecule has 2 aromatic heterocycles. The maximum absolute atomic E-state index is 12.2. The zero-order chi connectivity index (χ0) is 24.5. The highest BCUT2D eigenvalue weighted by Gasteiger charge is 2.21. The second-order valence-electron chi connectivity index (χ2n) is 8.54. The number of carbonyl (C=O) groups is 1. The fourth-order valence-electron chi connectivity index (χ4n) is 2.93. The lowest BCUT2D eigenvalue weighted by molar-refractivity contribution is -0.149.